The molecule has 3 heterocycles. The molecule has 6 heteroatoms. The number of piperidine rings is 1. The Bertz CT molecular complexity index is 556. The highest BCUT2D eigenvalue weighted by molar-refractivity contribution is 5.91. The topological polar surface area (TPSA) is 68.5 Å². The first-order valence-electron chi connectivity index (χ1n) is 6.58. The van der Waals surface area contributed by atoms with E-state index in [0.717, 1.165) is 19.4 Å². The summed E-state index contributed by atoms with van der Waals surface area (Å²) in [5.41, 5.74) is 0. The summed E-state index contributed by atoms with van der Waals surface area (Å²) in [4.78, 5) is 21.9. The van der Waals surface area contributed by atoms with Crippen molar-refractivity contribution in [2.24, 2.45) is 0 Å². The van der Waals surface area contributed by atoms with Crippen LogP contribution in [-0.4, -0.2) is 40.0 Å². The van der Waals surface area contributed by atoms with Gasteiger partial charge in [-0.15, -0.1) is 0 Å². The molecule has 0 aromatic carbocycles. The van der Waals surface area contributed by atoms with E-state index in [2.05, 4.69) is 9.97 Å². The van der Waals surface area contributed by atoms with Gasteiger partial charge in [0.2, 0.25) is 5.88 Å². The lowest BCUT2D eigenvalue weighted by molar-refractivity contribution is 0.0500. The SMILES string of the molecule is O=C(c1ccco1)N1CCC[C@H](Oc2ccncn2)C1. The average Bonchev–Trinajstić information content (AvgIpc) is 3.02. The fourth-order valence-corrected chi connectivity index (χ4v) is 2.29. The van der Waals surface area contributed by atoms with Gasteiger partial charge in [-0.3, -0.25) is 4.79 Å². The summed E-state index contributed by atoms with van der Waals surface area (Å²) < 4.78 is 10.9. The van der Waals surface area contributed by atoms with E-state index in [1.807, 2.05) is 0 Å². The number of aromatic nitrogens is 2. The molecule has 3 rings (SSSR count). The van der Waals surface area contributed by atoms with E-state index in [-0.39, 0.29) is 12.0 Å². The number of hydrogen-bond donors (Lipinski definition) is 0. The van der Waals surface area contributed by atoms with Crippen LogP contribution in [0.4, 0.5) is 0 Å². The van der Waals surface area contributed by atoms with Crippen molar-refractivity contribution >= 4 is 5.91 Å². The molecule has 0 N–H and O–H groups in total. The van der Waals surface area contributed by atoms with Crippen LogP contribution < -0.4 is 4.74 Å². The van der Waals surface area contributed by atoms with Crippen LogP contribution in [0.3, 0.4) is 0 Å². The Kier molecular flexibility index (Phi) is 3.62. The van der Waals surface area contributed by atoms with Gasteiger partial charge in [0, 0.05) is 18.8 Å². The smallest absolute Gasteiger partial charge is 0.289 e. The van der Waals surface area contributed by atoms with Crippen molar-refractivity contribution in [3.8, 4) is 5.88 Å². The molecule has 1 aliphatic heterocycles. The molecule has 0 unspecified atom stereocenters. The molecule has 1 fully saturated rings. The molecular formula is C14H15N3O3. The molecule has 1 amide bonds. The summed E-state index contributed by atoms with van der Waals surface area (Å²) in [6.07, 6.45) is 6.36. The van der Waals surface area contributed by atoms with Crippen LogP contribution in [0.2, 0.25) is 0 Å². The molecule has 0 spiro atoms. The Balaban J connectivity index is 1.63. The molecule has 0 saturated carbocycles. The van der Waals surface area contributed by atoms with Crippen LogP contribution >= 0.6 is 0 Å². The number of hydrogen-bond acceptors (Lipinski definition) is 5. The molecule has 0 radical (unpaired) electrons. The predicted octanol–water partition coefficient (Wildman–Crippen LogP) is 1.75. The molecule has 1 saturated heterocycles. The zero-order valence-corrected chi connectivity index (χ0v) is 10.9. The van der Waals surface area contributed by atoms with Gasteiger partial charge in [-0.1, -0.05) is 0 Å². The lowest BCUT2D eigenvalue weighted by Gasteiger charge is -2.32. The number of carbonyl (C=O) groups is 1. The number of rotatable bonds is 3. The normalized spacial score (nSPS) is 18.8. The standard InChI is InChI=1S/C14H15N3O3/c18-14(12-4-2-8-19-12)17-7-1-3-11(9-17)20-13-5-6-15-10-16-13/h2,4-6,8,10-11H,1,3,7,9H2/t11-/m0/s1. The summed E-state index contributed by atoms with van der Waals surface area (Å²) in [7, 11) is 0. The van der Waals surface area contributed by atoms with E-state index in [0.29, 0.717) is 18.2 Å². The quantitative estimate of drug-likeness (QED) is 0.852. The Morgan fingerprint density at radius 3 is 3.15 bits per heavy atom. The highest BCUT2D eigenvalue weighted by atomic mass is 16.5. The molecule has 1 atom stereocenters. The maximum absolute atomic E-state index is 12.2. The summed E-state index contributed by atoms with van der Waals surface area (Å²) in [6, 6.07) is 5.11. The van der Waals surface area contributed by atoms with Gasteiger partial charge in [-0.25, -0.2) is 9.97 Å². The highest BCUT2D eigenvalue weighted by Gasteiger charge is 2.27. The first kappa shape index (κ1) is 12.7. The molecule has 0 bridgehead atoms. The van der Waals surface area contributed by atoms with Crippen molar-refractivity contribution in [3.05, 3.63) is 42.7 Å². The molecule has 6 nitrogen and oxygen atoms in total. The van der Waals surface area contributed by atoms with Gasteiger partial charge in [-0.05, 0) is 25.0 Å². The monoisotopic (exact) mass is 273 g/mol. The Morgan fingerprint density at radius 1 is 1.45 bits per heavy atom. The number of amides is 1. The number of ether oxygens (including phenoxy) is 1. The van der Waals surface area contributed by atoms with Crippen molar-refractivity contribution in [2.45, 2.75) is 18.9 Å². The number of carbonyl (C=O) groups excluding carboxylic acids is 1. The second kappa shape index (κ2) is 5.73. The Hall–Kier alpha value is -2.37. The van der Waals surface area contributed by atoms with E-state index < -0.39 is 0 Å². The first-order valence-corrected chi connectivity index (χ1v) is 6.58. The minimum Gasteiger partial charge on any atom is -0.472 e. The second-order valence-corrected chi connectivity index (χ2v) is 4.66. The molecule has 2 aromatic heterocycles. The summed E-state index contributed by atoms with van der Waals surface area (Å²) >= 11 is 0. The second-order valence-electron chi connectivity index (χ2n) is 4.66. The van der Waals surface area contributed by atoms with Crippen LogP contribution in [0, 0.1) is 0 Å². The molecular weight excluding hydrogens is 258 g/mol. The van der Waals surface area contributed by atoms with Crippen LogP contribution in [0.5, 0.6) is 5.88 Å². The van der Waals surface area contributed by atoms with Gasteiger partial charge in [0.05, 0.1) is 12.8 Å². The fourth-order valence-electron chi connectivity index (χ4n) is 2.29. The zero-order valence-electron chi connectivity index (χ0n) is 10.9. The first-order chi connectivity index (χ1) is 9.83. The van der Waals surface area contributed by atoms with Crippen LogP contribution in [0.15, 0.2) is 41.4 Å². The van der Waals surface area contributed by atoms with E-state index in [1.165, 1.54) is 12.6 Å². The number of furan rings is 1. The third-order valence-electron chi connectivity index (χ3n) is 3.24. The van der Waals surface area contributed by atoms with Gasteiger partial charge < -0.3 is 14.1 Å². The van der Waals surface area contributed by atoms with Crippen molar-refractivity contribution in [1.29, 1.82) is 0 Å². The van der Waals surface area contributed by atoms with Crippen LogP contribution in [-0.2, 0) is 0 Å². The number of likely N-dealkylation sites (tertiary alicyclic amines) is 1. The minimum atomic E-state index is -0.0917. The van der Waals surface area contributed by atoms with Crippen molar-refractivity contribution in [1.82, 2.24) is 14.9 Å². The maximum Gasteiger partial charge on any atom is 0.289 e. The van der Waals surface area contributed by atoms with Gasteiger partial charge in [0.25, 0.3) is 5.91 Å². The summed E-state index contributed by atoms with van der Waals surface area (Å²) in [5.74, 6) is 0.816. The van der Waals surface area contributed by atoms with Crippen molar-refractivity contribution in [3.63, 3.8) is 0 Å². The summed E-state index contributed by atoms with van der Waals surface area (Å²) in [6.45, 7) is 1.27. The highest BCUT2D eigenvalue weighted by Crippen LogP contribution is 2.18. The molecule has 104 valence electrons. The Labute approximate surface area is 116 Å². The maximum atomic E-state index is 12.2. The van der Waals surface area contributed by atoms with Crippen molar-refractivity contribution < 1.29 is 13.9 Å². The molecule has 1 aliphatic rings. The van der Waals surface area contributed by atoms with E-state index in [4.69, 9.17) is 9.15 Å². The predicted molar refractivity (Wildman–Crippen MR) is 70.3 cm³/mol. The lowest BCUT2D eigenvalue weighted by atomic mass is 10.1. The fraction of sp³-hybridized carbons (Fsp3) is 0.357. The molecule has 0 aliphatic carbocycles. The third kappa shape index (κ3) is 2.79. The lowest BCUT2D eigenvalue weighted by Crippen LogP contribution is -2.44. The number of nitrogens with zero attached hydrogens (tertiary/aromatic N) is 3. The largest absolute Gasteiger partial charge is 0.472 e. The van der Waals surface area contributed by atoms with Gasteiger partial charge in [0.15, 0.2) is 5.76 Å². The summed E-state index contributed by atoms with van der Waals surface area (Å²) in [5, 5.41) is 0. The van der Waals surface area contributed by atoms with E-state index in [1.54, 1.807) is 29.3 Å². The molecule has 2 aromatic rings. The van der Waals surface area contributed by atoms with Crippen LogP contribution in [0.25, 0.3) is 0 Å². The van der Waals surface area contributed by atoms with Crippen LogP contribution in [0.1, 0.15) is 23.4 Å². The third-order valence-corrected chi connectivity index (χ3v) is 3.24. The van der Waals surface area contributed by atoms with Gasteiger partial charge in [0.1, 0.15) is 12.4 Å². The Morgan fingerprint density at radius 2 is 2.40 bits per heavy atom. The van der Waals surface area contributed by atoms with E-state index in [9.17, 15) is 4.79 Å². The van der Waals surface area contributed by atoms with Crippen molar-refractivity contribution in [2.75, 3.05) is 13.1 Å². The zero-order chi connectivity index (χ0) is 13.8. The molecule has 20 heavy (non-hydrogen) atoms. The van der Waals surface area contributed by atoms with E-state index >= 15 is 0 Å². The minimum absolute atomic E-state index is 0.0439. The average molecular weight is 273 g/mol. The van der Waals surface area contributed by atoms with Gasteiger partial charge in [-0.2, -0.15) is 0 Å². The van der Waals surface area contributed by atoms with Gasteiger partial charge >= 0.3 is 0 Å².